The van der Waals surface area contributed by atoms with Crippen molar-refractivity contribution >= 4 is 17.0 Å². The lowest BCUT2D eigenvalue weighted by Gasteiger charge is -2.28. The van der Waals surface area contributed by atoms with Gasteiger partial charge in [-0.05, 0) is 30.0 Å². The summed E-state index contributed by atoms with van der Waals surface area (Å²) in [6.07, 6.45) is 0. The van der Waals surface area contributed by atoms with E-state index >= 15 is 0 Å². The number of carbonyl (C=O) groups is 1. The molecule has 0 aliphatic rings. The molecule has 0 heterocycles. The van der Waals surface area contributed by atoms with Crippen LogP contribution in [-0.2, 0) is 26.3 Å². The monoisotopic (exact) mass is 315 g/mol. The van der Waals surface area contributed by atoms with Gasteiger partial charge in [-0.2, -0.15) is 0 Å². The topological polar surface area (TPSA) is 55.4 Å². The van der Waals surface area contributed by atoms with Crippen LogP contribution in [0.3, 0.4) is 0 Å². The fourth-order valence-corrected chi connectivity index (χ4v) is 3.00. The van der Waals surface area contributed by atoms with Gasteiger partial charge < -0.3 is 4.74 Å². The standard InChI is InChI=1S/C15H22FNO3S/c1-5-20-14(18)13(15(2,3)4)17-21(19)10-11-6-8-12(16)9-7-11/h6-9,13,17H,5,10H2,1-4H3. The summed E-state index contributed by atoms with van der Waals surface area (Å²) in [5.74, 6) is -0.555. The van der Waals surface area contributed by atoms with E-state index in [1.54, 1.807) is 19.1 Å². The van der Waals surface area contributed by atoms with Gasteiger partial charge in [0.15, 0.2) is 0 Å². The number of benzene rings is 1. The number of hydrogen-bond acceptors (Lipinski definition) is 3. The van der Waals surface area contributed by atoms with Crippen LogP contribution in [0.1, 0.15) is 33.3 Å². The normalized spacial score (nSPS) is 14.5. The molecule has 2 atom stereocenters. The Balaban J connectivity index is 2.72. The minimum absolute atomic E-state index is 0.201. The van der Waals surface area contributed by atoms with Crippen LogP contribution >= 0.6 is 0 Å². The van der Waals surface area contributed by atoms with Crippen LogP contribution in [0.4, 0.5) is 4.39 Å². The van der Waals surface area contributed by atoms with Crippen molar-refractivity contribution in [2.24, 2.45) is 5.41 Å². The lowest BCUT2D eigenvalue weighted by Crippen LogP contribution is -2.48. The van der Waals surface area contributed by atoms with E-state index in [-0.39, 0.29) is 18.2 Å². The molecule has 0 saturated heterocycles. The first-order valence-corrected chi connectivity index (χ1v) is 8.11. The molecule has 118 valence electrons. The van der Waals surface area contributed by atoms with Gasteiger partial charge in [-0.3, -0.25) is 4.79 Å². The third kappa shape index (κ3) is 5.93. The summed E-state index contributed by atoms with van der Waals surface area (Å²) < 4.78 is 32.8. The average molecular weight is 315 g/mol. The summed E-state index contributed by atoms with van der Waals surface area (Å²) in [5.41, 5.74) is 0.309. The maximum atomic E-state index is 12.8. The van der Waals surface area contributed by atoms with Crippen molar-refractivity contribution in [3.8, 4) is 0 Å². The molecule has 0 radical (unpaired) electrons. The van der Waals surface area contributed by atoms with Crippen LogP contribution in [-0.4, -0.2) is 22.8 Å². The first-order valence-electron chi connectivity index (χ1n) is 6.79. The van der Waals surface area contributed by atoms with E-state index in [1.807, 2.05) is 20.8 Å². The zero-order valence-corrected chi connectivity index (χ0v) is 13.6. The molecule has 1 N–H and O–H groups in total. The molecule has 1 rings (SSSR count). The van der Waals surface area contributed by atoms with Crippen molar-refractivity contribution in [2.75, 3.05) is 6.61 Å². The predicted octanol–water partition coefficient (Wildman–Crippen LogP) is 2.56. The Morgan fingerprint density at radius 3 is 2.38 bits per heavy atom. The van der Waals surface area contributed by atoms with Crippen LogP contribution in [0.25, 0.3) is 0 Å². The molecular weight excluding hydrogens is 293 g/mol. The lowest BCUT2D eigenvalue weighted by molar-refractivity contribution is -0.147. The smallest absolute Gasteiger partial charge is 0.324 e. The van der Waals surface area contributed by atoms with Gasteiger partial charge in [0.25, 0.3) is 0 Å². The van der Waals surface area contributed by atoms with Crippen LogP contribution < -0.4 is 4.72 Å². The summed E-state index contributed by atoms with van der Waals surface area (Å²) in [5, 5.41) is 0. The Morgan fingerprint density at radius 1 is 1.33 bits per heavy atom. The zero-order chi connectivity index (χ0) is 16.0. The molecule has 6 heteroatoms. The molecule has 1 aromatic carbocycles. The molecule has 0 aliphatic heterocycles. The first-order chi connectivity index (χ1) is 9.74. The number of carbonyl (C=O) groups excluding carboxylic acids is 1. The van der Waals surface area contributed by atoms with E-state index in [2.05, 4.69) is 4.72 Å². The average Bonchev–Trinajstić information content (AvgIpc) is 2.37. The highest BCUT2D eigenvalue weighted by Crippen LogP contribution is 2.21. The second-order valence-corrected chi connectivity index (χ2v) is 7.00. The lowest BCUT2D eigenvalue weighted by atomic mass is 9.87. The molecule has 0 aliphatic carbocycles. The molecule has 2 unspecified atom stereocenters. The molecule has 0 fully saturated rings. The van der Waals surface area contributed by atoms with Crippen LogP contribution in [0.15, 0.2) is 24.3 Å². The number of nitrogens with one attached hydrogen (secondary N) is 1. The Hall–Kier alpha value is -1.27. The summed E-state index contributed by atoms with van der Waals surface area (Å²) in [4.78, 5) is 12.0. The molecule has 0 bridgehead atoms. The Kier molecular flexibility index (Phi) is 6.48. The van der Waals surface area contributed by atoms with Gasteiger partial charge in [-0.15, -0.1) is 0 Å². The molecule has 0 saturated carbocycles. The van der Waals surface area contributed by atoms with Crippen LogP contribution in [0, 0.1) is 11.2 Å². The second kappa shape index (κ2) is 7.66. The minimum Gasteiger partial charge on any atom is -0.465 e. The quantitative estimate of drug-likeness (QED) is 0.821. The Labute approximate surface area is 127 Å². The van der Waals surface area contributed by atoms with Crippen molar-refractivity contribution in [3.05, 3.63) is 35.6 Å². The minimum atomic E-state index is -1.45. The van der Waals surface area contributed by atoms with E-state index < -0.39 is 28.4 Å². The summed E-state index contributed by atoms with van der Waals surface area (Å²) in [6, 6.07) is 5.12. The molecule has 0 aromatic heterocycles. The maximum absolute atomic E-state index is 12.8. The van der Waals surface area contributed by atoms with E-state index in [9.17, 15) is 13.4 Å². The third-order valence-electron chi connectivity index (χ3n) is 2.85. The Morgan fingerprint density at radius 2 is 1.90 bits per heavy atom. The first kappa shape index (κ1) is 17.8. The number of hydrogen-bond donors (Lipinski definition) is 1. The molecule has 0 spiro atoms. The summed E-state index contributed by atoms with van der Waals surface area (Å²) in [6.45, 7) is 7.62. The van der Waals surface area contributed by atoms with Gasteiger partial charge >= 0.3 is 5.97 Å². The van der Waals surface area contributed by atoms with Crippen molar-refractivity contribution < 1.29 is 18.1 Å². The van der Waals surface area contributed by atoms with Gasteiger partial charge in [0.1, 0.15) is 11.9 Å². The molecule has 4 nitrogen and oxygen atoms in total. The number of halogens is 1. The fraction of sp³-hybridized carbons (Fsp3) is 0.533. The maximum Gasteiger partial charge on any atom is 0.324 e. The number of esters is 1. The van der Waals surface area contributed by atoms with Crippen LogP contribution in [0.2, 0.25) is 0 Å². The van der Waals surface area contributed by atoms with Crippen molar-refractivity contribution in [3.63, 3.8) is 0 Å². The molecular formula is C15H22FNO3S. The highest BCUT2D eigenvalue weighted by Gasteiger charge is 2.33. The summed E-state index contributed by atoms with van der Waals surface area (Å²) in [7, 11) is -1.45. The number of rotatable bonds is 6. The number of ether oxygens (including phenoxy) is 1. The summed E-state index contributed by atoms with van der Waals surface area (Å²) >= 11 is 0. The van der Waals surface area contributed by atoms with Gasteiger partial charge in [0.2, 0.25) is 0 Å². The highest BCUT2D eigenvalue weighted by molar-refractivity contribution is 7.82. The van der Waals surface area contributed by atoms with Crippen molar-refractivity contribution in [1.29, 1.82) is 0 Å². The fourth-order valence-electron chi connectivity index (χ4n) is 1.71. The predicted molar refractivity (Wildman–Crippen MR) is 81.3 cm³/mol. The van der Waals surface area contributed by atoms with Gasteiger partial charge in [-0.1, -0.05) is 32.9 Å². The zero-order valence-electron chi connectivity index (χ0n) is 12.8. The molecule has 21 heavy (non-hydrogen) atoms. The molecule has 1 aromatic rings. The van der Waals surface area contributed by atoms with E-state index in [1.165, 1.54) is 12.1 Å². The Bertz CT molecular complexity index is 497. The van der Waals surface area contributed by atoms with E-state index in [0.29, 0.717) is 0 Å². The highest BCUT2D eigenvalue weighted by atomic mass is 32.2. The van der Waals surface area contributed by atoms with E-state index in [4.69, 9.17) is 4.74 Å². The SMILES string of the molecule is CCOC(=O)C(NS(=O)Cc1ccc(F)cc1)C(C)(C)C. The van der Waals surface area contributed by atoms with Crippen molar-refractivity contribution in [1.82, 2.24) is 4.72 Å². The van der Waals surface area contributed by atoms with Gasteiger partial charge in [0.05, 0.1) is 23.3 Å². The van der Waals surface area contributed by atoms with Crippen LogP contribution in [0.5, 0.6) is 0 Å². The van der Waals surface area contributed by atoms with Gasteiger partial charge in [-0.25, -0.2) is 13.3 Å². The largest absolute Gasteiger partial charge is 0.465 e. The third-order valence-corrected chi connectivity index (χ3v) is 3.94. The van der Waals surface area contributed by atoms with E-state index in [0.717, 1.165) is 5.56 Å². The second-order valence-electron chi connectivity index (χ2n) is 5.79. The van der Waals surface area contributed by atoms with Gasteiger partial charge in [0, 0.05) is 0 Å². The van der Waals surface area contributed by atoms with Crippen molar-refractivity contribution in [2.45, 2.75) is 39.5 Å². The molecule has 0 amide bonds.